The normalized spacial score (nSPS) is 20.7. The molecular formula is C18H23ClN2O4. The van der Waals surface area contributed by atoms with Crippen LogP contribution in [0, 0.1) is 13.8 Å². The summed E-state index contributed by atoms with van der Waals surface area (Å²) < 4.78 is 0. The molecular weight excluding hydrogens is 344 g/mol. The van der Waals surface area contributed by atoms with E-state index < -0.39 is 5.54 Å². The first-order valence-electron chi connectivity index (χ1n) is 8.26. The smallest absolute Gasteiger partial charge is 0.258 e. The summed E-state index contributed by atoms with van der Waals surface area (Å²) >= 11 is 6.13. The van der Waals surface area contributed by atoms with Crippen LogP contribution in [0.3, 0.4) is 0 Å². The van der Waals surface area contributed by atoms with Crippen LogP contribution in [0.1, 0.15) is 29.5 Å². The van der Waals surface area contributed by atoms with Gasteiger partial charge in [0.15, 0.2) is 5.76 Å². The number of amides is 1. The van der Waals surface area contributed by atoms with Crippen molar-refractivity contribution in [3.05, 3.63) is 39.6 Å². The van der Waals surface area contributed by atoms with Crippen LogP contribution in [0.15, 0.2) is 17.9 Å². The second-order valence-corrected chi connectivity index (χ2v) is 7.15. The summed E-state index contributed by atoms with van der Waals surface area (Å²) in [5.74, 6) is 0.174. The predicted molar refractivity (Wildman–Crippen MR) is 94.9 cm³/mol. The summed E-state index contributed by atoms with van der Waals surface area (Å²) in [6.45, 7) is 5.10. The first kappa shape index (κ1) is 18.2. The highest BCUT2D eigenvalue weighted by atomic mass is 35.5. The number of aryl methyl sites for hydroxylation is 2. The number of rotatable bonds is 3. The zero-order chi connectivity index (χ0) is 18.4. The molecule has 2 aliphatic heterocycles. The molecule has 0 radical (unpaired) electrons. The number of hydrogen-bond acceptors (Lipinski definition) is 5. The first-order chi connectivity index (χ1) is 11.9. The number of hydroxylamine groups is 2. The number of carbonyl (C=O) groups excluding carboxylic acids is 1. The van der Waals surface area contributed by atoms with Crippen molar-refractivity contribution >= 4 is 23.1 Å². The predicted octanol–water partition coefficient (Wildman–Crippen LogP) is 3.03. The lowest BCUT2D eigenvalue weighted by Crippen LogP contribution is -2.53. The molecule has 1 aromatic carbocycles. The Hall–Kier alpha value is -1.60. The molecule has 0 unspecified atom stereocenters. The standard InChI is InChI=1S/C18H23ClN2O4/c1-11-9-13(19)10-12(2)14(11)15-16(25-23)18(20(3)17(15)22)5-7-21(24-4)8-6-18/h9-10,23H,5-8H2,1-4H3. The molecule has 0 saturated carbocycles. The van der Waals surface area contributed by atoms with E-state index in [-0.39, 0.29) is 5.91 Å². The van der Waals surface area contributed by atoms with Crippen molar-refractivity contribution in [1.82, 2.24) is 9.96 Å². The van der Waals surface area contributed by atoms with Gasteiger partial charge >= 0.3 is 0 Å². The summed E-state index contributed by atoms with van der Waals surface area (Å²) in [4.78, 5) is 24.9. The van der Waals surface area contributed by atoms with Gasteiger partial charge in [0, 0.05) is 25.2 Å². The average molecular weight is 367 g/mol. The van der Waals surface area contributed by atoms with Crippen molar-refractivity contribution < 1.29 is 19.8 Å². The maximum atomic E-state index is 13.1. The van der Waals surface area contributed by atoms with Gasteiger partial charge in [0.25, 0.3) is 5.91 Å². The molecule has 25 heavy (non-hydrogen) atoms. The largest absolute Gasteiger partial charge is 0.341 e. The molecule has 2 aliphatic rings. The number of carbonyl (C=O) groups is 1. The number of halogens is 1. The van der Waals surface area contributed by atoms with Gasteiger partial charge in [-0.15, -0.1) is 0 Å². The Morgan fingerprint density at radius 3 is 2.24 bits per heavy atom. The van der Waals surface area contributed by atoms with Crippen molar-refractivity contribution in [2.45, 2.75) is 32.2 Å². The zero-order valence-electron chi connectivity index (χ0n) is 14.9. The number of nitrogens with zero attached hydrogens (tertiary/aromatic N) is 2. The first-order valence-corrected chi connectivity index (χ1v) is 8.64. The van der Waals surface area contributed by atoms with E-state index in [9.17, 15) is 10.1 Å². The number of hydrogen-bond donors (Lipinski definition) is 1. The molecule has 0 bridgehead atoms. The molecule has 7 heteroatoms. The van der Waals surface area contributed by atoms with E-state index in [2.05, 4.69) is 0 Å². The van der Waals surface area contributed by atoms with Crippen LogP contribution in [-0.2, 0) is 14.5 Å². The van der Waals surface area contributed by atoms with E-state index >= 15 is 0 Å². The highest BCUT2D eigenvalue weighted by Crippen LogP contribution is 2.47. The third-order valence-electron chi connectivity index (χ3n) is 5.46. The molecule has 0 aromatic heterocycles. The minimum Gasteiger partial charge on any atom is -0.341 e. The average Bonchev–Trinajstić information content (AvgIpc) is 2.77. The maximum Gasteiger partial charge on any atom is 0.258 e. The van der Waals surface area contributed by atoms with Gasteiger partial charge in [-0.3, -0.25) is 4.79 Å². The van der Waals surface area contributed by atoms with Gasteiger partial charge in [0.2, 0.25) is 0 Å². The Labute approximate surface area is 152 Å². The second kappa shape index (κ2) is 6.61. The van der Waals surface area contributed by atoms with Gasteiger partial charge in [-0.25, -0.2) is 5.26 Å². The highest BCUT2D eigenvalue weighted by molar-refractivity contribution is 6.31. The van der Waals surface area contributed by atoms with E-state index in [1.54, 1.807) is 19.1 Å². The molecule has 136 valence electrons. The van der Waals surface area contributed by atoms with Crippen molar-refractivity contribution in [1.29, 1.82) is 0 Å². The summed E-state index contributed by atoms with van der Waals surface area (Å²) in [6, 6.07) is 3.63. The van der Waals surface area contributed by atoms with Crippen molar-refractivity contribution in [3.8, 4) is 0 Å². The molecule has 1 N–H and O–H groups in total. The molecule has 0 aliphatic carbocycles. The summed E-state index contributed by atoms with van der Waals surface area (Å²) in [7, 11) is 3.39. The van der Waals surface area contributed by atoms with E-state index in [1.165, 1.54) is 0 Å². The third kappa shape index (κ3) is 2.73. The topological polar surface area (TPSA) is 62.2 Å². The minimum atomic E-state index is -0.658. The number of likely N-dealkylation sites (N-methyl/N-ethyl adjacent to an activating group) is 1. The van der Waals surface area contributed by atoms with E-state index in [0.29, 0.717) is 42.3 Å². The Morgan fingerprint density at radius 2 is 1.76 bits per heavy atom. The fraction of sp³-hybridized carbons (Fsp3) is 0.500. The number of piperidine rings is 1. The van der Waals surface area contributed by atoms with E-state index in [0.717, 1.165) is 16.7 Å². The summed E-state index contributed by atoms with van der Waals surface area (Å²) in [5.41, 5.74) is 2.29. The van der Waals surface area contributed by atoms with Crippen LogP contribution in [-0.4, -0.2) is 53.9 Å². The second-order valence-electron chi connectivity index (χ2n) is 6.72. The molecule has 1 aromatic rings. The van der Waals surface area contributed by atoms with Crippen molar-refractivity contribution in [2.24, 2.45) is 0 Å². The third-order valence-corrected chi connectivity index (χ3v) is 5.68. The number of benzene rings is 1. The molecule has 2 heterocycles. The van der Waals surface area contributed by atoms with Gasteiger partial charge in [-0.1, -0.05) is 11.6 Å². The summed E-state index contributed by atoms with van der Waals surface area (Å²) in [5, 5.41) is 12.2. The zero-order valence-corrected chi connectivity index (χ0v) is 15.7. The molecule has 6 nitrogen and oxygen atoms in total. The lowest BCUT2D eigenvalue weighted by atomic mass is 9.84. The Bertz CT molecular complexity index is 716. The van der Waals surface area contributed by atoms with Gasteiger partial charge in [0.05, 0.1) is 12.7 Å². The van der Waals surface area contributed by atoms with Crippen molar-refractivity contribution in [3.63, 3.8) is 0 Å². The van der Waals surface area contributed by atoms with Crippen molar-refractivity contribution in [2.75, 3.05) is 27.2 Å². The fourth-order valence-electron chi connectivity index (χ4n) is 4.10. The molecule has 1 spiro atoms. The Balaban J connectivity index is 2.15. The van der Waals surface area contributed by atoms with Gasteiger partial charge < -0.3 is 14.6 Å². The molecule has 0 atom stereocenters. The minimum absolute atomic E-state index is 0.150. The van der Waals surface area contributed by atoms with Crippen LogP contribution in [0.5, 0.6) is 0 Å². The monoisotopic (exact) mass is 366 g/mol. The SMILES string of the molecule is CON1CCC2(CC1)C(OO)=C(c1c(C)cc(Cl)cc1C)C(=O)N2C. The Morgan fingerprint density at radius 1 is 1.20 bits per heavy atom. The van der Waals surface area contributed by atoms with Gasteiger partial charge in [-0.05, 0) is 55.5 Å². The maximum absolute atomic E-state index is 13.1. The molecule has 1 fully saturated rings. The molecule has 3 rings (SSSR count). The van der Waals surface area contributed by atoms with Gasteiger partial charge in [-0.2, -0.15) is 5.06 Å². The van der Waals surface area contributed by atoms with Crippen LogP contribution >= 0.6 is 11.6 Å². The highest BCUT2D eigenvalue weighted by Gasteiger charge is 2.54. The van der Waals surface area contributed by atoms with Crippen LogP contribution in [0.4, 0.5) is 0 Å². The van der Waals surface area contributed by atoms with Crippen LogP contribution in [0.2, 0.25) is 5.02 Å². The van der Waals surface area contributed by atoms with E-state index in [1.807, 2.05) is 31.0 Å². The lowest BCUT2D eigenvalue weighted by Gasteiger charge is -2.42. The molecule has 1 amide bonds. The van der Waals surface area contributed by atoms with E-state index in [4.69, 9.17) is 21.3 Å². The van der Waals surface area contributed by atoms with Gasteiger partial charge in [0.1, 0.15) is 5.54 Å². The molecule has 1 saturated heterocycles. The summed E-state index contributed by atoms with van der Waals surface area (Å²) in [6.07, 6.45) is 1.24. The van der Waals surface area contributed by atoms with Crippen LogP contribution in [0.25, 0.3) is 5.57 Å². The van der Waals surface area contributed by atoms with Crippen LogP contribution < -0.4 is 0 Å². The lowest BCUT2D eigenvalue weighted by molar-refractivity contribution is -0.226. The Kier molecular flexibility index (Phi) is 4.81. The fourth-order valence-corrected chi connectivity index (χ4v) is 4.43. The quantitative estimate of drug-likeness (QED) is 0.658.